The minimum atomic E-state index is -2.52. The van der Waals surface area contributed by atoms with Crippen LogP contribution in [0.5, 0.6) is 0 Å². The van der Waals surface area contributed by atoms with E-state index in [0.717, 1.165) is 0 Å². The van der Waals surface area contributed by atoms with Gasteiger partial charge >= 0.3 is 0 Å². The molecule has 3 nitrogen and oxygen atoms in total. The highest BCUT2D eigenvalue weighted by atomic mass is 19.3. The molecule has 0 spiro atoms. The molecule has 11 heavy (non-hydrogen) atoms. The Morgan fingerprint density at radius 1 is 1.64 bits per heavy atom. The van der Waals surface area contributed by atoms with Gasteiger partial charge in [0.25, 0.3) is 6.43 Å². The van der Waals surface area contributed by atoms with Crippen LogP contribution >= 0.6 is 0 Å². The van der Waals surface area contributed by atoms with Crippen LogP contribution < -0.4 is 5.73 Å². The summed E-state index contributed by atoms with van der Waals surface area (Å²) in [5, 5.41) is 0. The molecule has 1 heterocycles. The van der Waals surface area contributed by atoms with Crippen molar-refractivity contribution in [2.45, 2.75) is 31.3 Å². The number of nitrogens with two attached hydrogens (primary N) is 1. The normalized spacial score (nSPS) is 38.5. The molecular formula is C6H11F2NO2. The standard InChI is InChI=1S/C6H11F2NO2/c1-10-4-2-3(9)5(11-4)6(7)8/h3-6H,2,9H2,1H3/t3-,4+,5?/m0/s1. The van der Waals surface area contributed by atoms with Gasteiger partial charge in [0, 0.05) is 19.6 Å². The van der Waals surface area contributed by atoms with Crippen LogP contribution in [0.25, 0.3) is 0 Å². The molecule has 1 saturated heterocycles. The number of halogens is 2. The van der Waals surface area contributed by atoms with E-state index in [1.807, 2.05) is 0 Å². The van der Waals surface area contributed by atoms with E-state index < -0.39 is 24.9 Å². The third-order valence-corrected chi connectivity index (χ3v) is 1.71. The van der Waals surface area contributed by atoms with E-state index >= 15 is 0 Å². The van der Waals surface area contributed by atoms with Crippen molar-refractivity contribution in [2.75, 3.05) is 7.11 Å². The van der Waals surface area contributed by atoms with Gasteiger partial charge in [0.1, 0.15) is 6.10 Å². The topological polar surface area (TPSA) is 44.5 Å². The van der Waals surface area contributed by atoms with Crippen molar-refractivity contribution < 1.29 is 18.3 Å². The molecule has 66 valence electrons. The van der Waals surface area contributed by atoms with Gasteiger partial charge in [-0.1, -0.05) is 0 Å². The summed E-state index contributed by atoms with van der Waals surface area (Å²) in [7, 11) is 1.41. The smallest absolute Gasteiger partial charge is 0.265 e. The summed E-state index contributed by atoms with van der Waals surface area (Å²) in [6, 6.07) is -0.611. The Balaban J connectivity index is 2.45. The Morgan fingerprint density at radius 3 is 2.55 bits per heavy atom. The Kier molecular flexibility index (Phi) is 2.75. The first kappa shape index (κ1) is 8.83. The van der Waals surface area contributed by atoms with Gasteiger partial charge in [0.05, 0.1) is 0 Å². The monoisotopic (exact) mass is 167 g/mol. The van der Waals surface area contributed by atoms with E-state index in [9.17, 15) is 8.78 Å². The maximum atomic E-state index is 12.0. The number of hydrogen-bond acceptors (Lipinski definition) is 3. The Hall–Kier alpha value is -0.260. The van der Waals surface area contributed by atoms with Crippen LogP contribution in [0, 0.1) is 0 Å². The van der Waals surface area contributed by atoms with E-state index in [2.05, 4.69) is 0 Å². The number of alkyl halides is 2. The molecule has 0 saturated carbocycles. The quantitative estimate of drug-likeness (QED) is 0.645. The molecule has 3 atom stereocenters. The Morgan fingerprint density at radius 2 is 2.27 bits per heavy atom. The molecule has 0 aromatic heterocycles. The third kappa shape index (κ3) is 1.85. The van der Waals surface area contributed by atoms with Gasteiger partial charge in [0.2, 0.25) is 0 Å². The number of methoxy groups -OCH3 is 1. The highest BCUT2D eigenvalue weighted by Gasteiger charge is 2.38. The van der Waals surface area contributed by atoms with E-state index in [4.69, 9.17) is 15.2 Å². The molecule has 1 aliphatic heterocycles. The molecule has 5 heteroatoms. The van der Waals surface area contributed by atoms with Gasteiger partial charge in [-0.25, -0.2) is 8.78 Å². The molecule has 0 amide bonds. The summed E-state index contributed by atoms with van der Waals surface area (Å²) in [4.78, 5) is 0. The number of hydrogen-bond donors (Lipinski definition) is 1. The fourth-order valence-electron chi connectivity index (χ4n) is 1.09. The molecule has 1 fully saturated rings. The van der Waals surface area contributed by atoms with E-state index in [1.54, 1.807) is 0 Å². The Bertz CT molecular complexity index is 134. The fourth-order valence-corrected chi connectivity index (χ4v) is 1.09. The van der Waals surface area contributed by atoms with Crippen LogP contribution in [0.1, 0.15) is 6.42 Å². The van der Waals surface area contributed by atoms with Crippen molar-refractivity contribution in [2.24, 2.45) is 5.73 Å². The fraction of sp³-hybridized carbons (Fsp3) is 1.00. The van der Waals surface area contributed by atoms with E-state index in [0.29, 0.717) is 6.42 Å². The second kappa shape index (κ2) is 3.42. The van der Waals surface area contributed by atoms with Gasteiger partial charge in [-0.05, 0) is 0 Å². The summed E-state index contributed by atoms with van der Waals surface area (Å²) < 4.78 is 33.6. The van der Waals surface area contributed by atoms with Gasteiger partial charge in [-0.3, -0.25) is 0 Å². The average molecular weight is 167 g/mol. The van der Waals surface area contributed by atoms with Gasteiger partial charge < -0.3 is 15.2 Å². The zero-order valence-electron chi connectivity index (χ0n) is 6.17. The molecular weight excluding hydrogens is 156 g/mol. The first-order chi connectivity index (χ1) is 5.15. The molecule has 0 aromatic rings. The molecule has 0 aliphatic carbocycles. The largest absolute Gasteiger partial charge is 0.356 e. The van der Waals surface area contributed by atoms with Crippen molar-refractivity contribution in [3.63, 3.8) is 0 Å². The summed E-state index contributed by atoms with van der Waals surface area (Å²) in [6.07, 6.45) is -3.92. The lowest BCUT2D eigenvalue weighted by molar-refractivity contribution is -0.146. The van der Waals surface area contributed by atoms with Crippen LogP contribution in [-0.2, 0) is 9.47 Å². The SMILES string of the molecule is CO[C@H]1C[C@H](N)C(C(F)F)O1. The van der Waals surface area contributed by atoms with Crippen LogP contribution in [-0.4, -0.2) is 32.0 Å². The zero-order chi connectivity index (χ0) is 8.43. The first-order valence-corrected chi connectivity index (χ1v) is 3.37. The lowest BCUT2D eigenvalue weighted by Gasteiger charge is -2.12. The van der Waals surface area contributed by atoms with Crippen molar-refractivity contribution in [1.29, 1.82) is 0 Å². The van der Waals surface area contributed by atoms with Gasteiger partial charge in [-0.15, -0.1) is 0 Å². The van der Waals surface area contributed by atoms with Crippen LogP contribution in [0.15, 0.2) is 0 Å². The first-order valence-electron chi connectivity index (χ1n) is 3.37. The highest BCUT2D eigenvalue weighted by molar-refractivity contribution is 4.83. The molecule has 0 aromatic carbocycles. The van der Waals surface area contributed by atoms with Gasteiger partial charge in [-0.2, -0.15) is 0 Å². The minimum absolute atomic E-state index is 0.339. The lowest BCUT2D eigenvalue weighted by Crippen LogP contribution is -2.35. The maximum Gasteiger partial charge on any atom is 0.265 e. The molecule has 1 rings (SSSR count). The summed E-state index contributed by atoms with van der Waals surface area (Å²) in [5.41, 5.74) is 5.36. The second-order valence-electron chi connectivity index (χ2n) is 2.50. The van der Waals surface area contributed by atoms with Crippen LogP contribution in [0.3, 0.4) is 0 Å². The van der Waals surface area contributed by atoms with Gasteiger partial charge in [0.15, 0.2) is 6.29 Å². The number of ether oxygens (including phenoxy) is 2. The molecule has 0 radical (unpaired) electrons. The molecule has 2 N–H and O–H groups in total. The van der Waals surface area contributed by atoms with Crippen molar-refractivity contribution in [1.82, 2.24) is 0 Å². The minimum Gasteiger partial charge on any atom is -0.356 e. The molecule has 0 bridgehead atoms. The summed E-state index contributed by atoms with van der Waals surface area (Å²) in [5.74, 6) is 0. The van der Waals surface area contributed by atoms with Crippen molar-refractivity contribution in [3.05, 3.63) is 0 Å². The maximum absolute atomic E-state index is 12.0. The zero-order valence-corrected chi connectivity index (χ0v) is 6.17. The molecule has 1 aliphatic rings. The van der Waals surface area contributed by atoms with Crippen molar-refractivity contribution in [3.8, 4) is 0 Å². The summed E-state index contributed by atoms with van der Waals surface area (Å²) in [6.45, 7) is 0. The number of rotatable bonds is 2. The predicted molar refractivity (Wildman–Crippen MR) is 34.3 cm³/mol. The summed E-state index contributed by atoms with van der Waals surface area (Å²) >= 11 is 0. The van der Waals surface area contributed by atoms with E-state index in [1.165, 1.54) is 7.11 Å². The highest BCUT2D eigenvalue weighted by Crippen LogP contribution is 2.23. The van der Waals surface area contributed by atoms with Crippen LogP contribution in [0.4, 0.5) is 8.78 Å². The molecule has 1 unspecified atom stereocenters. The third-order valence-electron chi connectivity index (χ3n) is 1.71. The van der Waals surface area contributed by atoms with E-state index in [-0.39, 0.29) is 0 Å². The predicted octanol–water partition coefficient (Wildman–Crippen LogP) is 0.340. The van der Waals surface area contributed by atoms with Crippen molar-refractivity contribution >= 4 is 0 Å². The average Bonchev–Trinajstić information content (AvgIpc) is 2.30. The Labute approximate surface area is 63.5 Å². The second-order valence-corrected chi connectivity index (χ2v) is 2.50. The van der Waals surface area contributed by atoms with Crippen LogP contribution in [0.2, 0.25) is 0 Å². The lowest BCUT2D eigenvalue weighted by atomic mass is 10.1.